The molecule has 0 aliphatic heterocycles. The molecule has 16 heavy (non-hydrogen) atoms. The summed E-state index contributed by atoms with van der Waals surface area (Å²) in [6.45, 7) is 1.28. The number of hydrogen-bond donors (Lipinski definition) is 2. The fraction of sp³-hybridized carbons (Fsp3) is 0.100. The lowest BCUT2D eigenvalue weighted by molar-refractivity contribution is -0.129. The van der Waals surface area contributed by atoms with Crippen molar-refractivity contribution in [1.82, 2.24) is 5.43 Å². The Kier molecular flexibility index (Phi) is 4.02. The van der Waals surface area contributed by atoms with E-state index in [2.05, 4.69) is 10.5 Å². The predicted molar refractivity (Wildman–Crippen MR) is 59.7 cm³/mol. The van der Waals surface area contributed by atoms with E-state index >= 15 is 0 Å². The zero-order valence-corrected chi connectivity index (χ0v) is 9.15. The van der Waals surface area contributed by atoms with Gasteiger partial charge in [-0.25, -0.2) is 10.2 Å². The summed E-state index contributed by atoms with van der Waals surface area (Å²) in [6.07, 6.45) is 0. The molecule has 0 bridgehead atoms. The van der Waals surface area contributed by atoms with Gasteiger partial charge < -0.3 is 5.11 Å². The fourth-order valence-electron chi connectivity index (χ4n) is 0.848. The number of carboxylic acids is 1. The molecule has 0 atom stereocenters. The van der Waals surface area contributed by atoms with Gasteiger partial charge in [-0.1, -0.05) is 11.6 Å². The third-order valence-corrected chi connectivity index (χ3v) is 1.99. The van der Waals surface area contributed by atoms with Crippen molar-refractivity contribution in [3.05, 3.63) is 34.9 Å². The second-order valence-electron chi connectivity index (χ2n) is 2.95. The molecular formula is C10H9ClN2O3. The van der Waals surface area contributed by atoms with E-state index in [0.717, 1.165) is 0 Å². The molecule has 1 aromatic rings. The third kappa shape index (κ3) is 3.36. The Morgan fingerprint density at radius 3 is 2.38 bits per heavy atom. The van der Waals surface area contributed by atoms with E-state index in [-0.39, 0.29) is 5.71 Å². The lowest BCUT2D eigenvalue weighted by Crippen LogP contribution is -2.21. The van der Waals surface area contributed by atoms with Crippen molar-refractivity contribution in [3.63, 3.8) is 0 Å². The van der Waals surface area contributed by atoms with Crippen LogP contribution in [-0.2, 0) is 4.79 Å². The lowest BCUT2D eigenvalue weighted by atomic mass is 10.2. The molecule has 0 aliphatic rings. The van der Waals surface area contributed by atoms with Gasteiger partial charge in [0.15, 0.2) is 0 Å². The van der Waals surface area contributed by atoms with Crippen molar-refractivity contribution in [2.45, 2.75) is 6.92 Å². The van der Waals surface area contributed by atoms with Crippen molar-refractivity contribution in [3.8, 4) is 0 Å². The van der Waals surface area contributed by atoms with Gasteiger partial charge in [0.2, 0.25) is 0 Å². The van der Waals surface area contributed by atoms with Gasteiger partial charge in [0.05, 0.1) is 0 Å². The maximum atomic E-state index is 11.4. The van der Waals surface area contributed by atoms with Crippen LogP contribution in [0, 0.1) is 0 Å². The average molecular weight is 241 g/mol. The minimum absolute atomic E-state index is 0.192. The number of carboxylic acid groups (broad SMARTS) is 1. The summed E-state index contributed by atoms with van der Waals surface area (Å²) in [7, 11) is 0. The second-order valence-corrected chi connectivity index (χ2v) is 3.39. The summed E-state index contributed by atoms with van der Waals surface area (Å²) >= 11 is 5.65. The number of rotatable bonds is 3. The quantitative estimate of drug-likeness (QED) is 0.621. The van der Waals surface area contributed by atoms with Crippen LogP contribution < -0.4 is 5.43 Å². The summed E-state index contributed by atoms with van der Waals surface area (Å²) in [5, 5.41) is 12.4. The molecule has 6 heteroatoms. The average Bonchev–Trinajstić information content (AvgIpc) is 2.26. The Bertz CT molecular complexity index is 440. The first-order valence-corrected chi connectivity index (χ1v) is 4.72. The van der Waals surface area contributed by atoms with Crippen molar-refractivity contribution >= 4 is 29.2 Å². The van der Waals surface area contributed by atoms with Gasteiger partial charge in [-0.3, -0.25) is 4.79 Å². The molecule has 1 aromatic carbocycles. The molecule has 0 spiro atoms. The van der Waals surface area contributed by atoms with Gasteiger partial charge in [-0.05, 0) is 31.2 Å². The van der Waals surface area contributed by atoms with E-state index in [1.165, 1.54) is 19.1 Å². The van der Waals surface area contributed by atoms with Crippen molar-refractivity contribution < 1.29 is 14.7 Å². The van der Waals surface area contributed by atoms with Gasteiger partial charge in [-0.2, -0.15) is 5.10 Å². The summed E-state index contributed by atoms with van der Waals surface area (Å²) < 4.78 is 0. The minimum atomic E-state index is -1.18. The van der Waals surface area contributed by atoms with Gasteiger partial charge in [0, 0.05) is 10.6 Å². The Morgan fingerprint density at radius 1 is 1.31 bits per heavy atom. The molecule has 0 fully saturated rings. The van der Waals surface area contributed by atoms with Crippen LogP contribution in [0.25, 0.3) is 0 Å². The Hall–Kier alpha value is -1.88. The lowest BCUT2D eigenvalue weighted by Gasteiger charge is -2.00. The van der Waals surface area contributed by atoms with Gasteiger partial charge in [-0.15, -0.1) is 0 Å². The van der Waals surface area contributed by atoms with Gasteiger partial charge in [0.25, 0.3) is 5.91 Å². The standard InChI is InChI=1S/C10H9ClN2O3/c1-6(10(15)16)12-13-9(14)7-2-4-8(11)5-3-7/h2-5H,1H3,(H,13,14)(H,15,16)/b12-6+. The molecule has 0 unspecified atom stereocenters. The minimum Gasteiger partial charge on any atom is -0.477 e. The van der Waals surface area contributed by atoms with E-state index in [1.54, 1.807) is 12.1 Å². The number of amides is 1. The Labute approximate surface area is 96.7 Å². The number of carbonyl (C=O) groups is 2. The first kappa shape index (κ1) is 12.2. The summed E-state index contributed by atoms with van der Waals surface area (Å²) in [4.78, 5) is 21.8. The van der Waals surface area contributed by atoms with Crippen molar-refractivity contribution in [2.75, 3.05) is 0 Å². The van der Waals surface area contributed by atoms with Crippen LogP contribution in [0.4, 0.5) is 0 Å². The highest BCUT2D eigenvalue weighted by Gasteiger charge is 2.06. The molecule has 0 aliphatic carbocycles. The van der Waals surface area contributed by atoms with E-state index < -0.39 is 11.9 Å². The molecule has 1 amide bonds. The first-order chi connectivity index (χ1) is 7.50. The second kappa shape index (κ2) is 5.27. The topological polar surface area (TPSA) is 78.8 Å². The van der Waals surface area contributed by atoms with E-state index in [1.807, 2.05) is 0 Å². The normalized spacial score (nSPS) is 11.0. The summed E-state index contributed by atoms with van der Waals surface area (Å²) in [5.74, 6) is -1.67. The molecular weight excluding hydrogens is 232 g/mol. The van der Waals surface area contributed by atoms with Crippen molar-refractivity contribution in [2.24, 2.45) is 5.10 Å². The smallest absolute Gasteiger partial charge is 0.351 e. The van der Waals surface area contributed by atoms with Crippen molar-refractivity contribution in [1.29, 1.82) is 0 Å². The van der Waals surface area contributed by atoms with E-state index in [9.17, 15) is 9.59 Å². The first-order valence-electron chi connectivity index (χ1n) is 4.34. The van der Waals surface area contributed by atoms with Crippen LogP contribution in [0.5, 0.6) is 0 Å². The number of aliphatic carboxylic acids is 1. The van der Waals surface area contributed by atoms with Crippen LogP contribution in [0.1, 0.15) is 17.3 Å². The number of nitrogens with zero attached hydrogens (tertiary/aromatic N) is 1. The molecule has 84 valence electrons. The number of benzene rings is 1. The summed E-state index contributed by atoms with van der Waals surface area (Å²) in [6, 6.07) is 6.15. The Morgan fingerprint density at radius 2 is 1.88 bits per heavy atom. The molecule has 0 aromatic heterocycles. The number of carbonyl (C=O) groups excluding carboxylic acids is 1. The number of nitrogens with one attached hydrogen (secondary N) is 1. The molecule has 1 rings (SSSR count). The largest absolute Gasteiger partial charge is 0.477 e. The number of halogens is 1. The SMILES string of the molecule is C/C(=N\NC(=O)c1ccc(Cl)cc1)C(=O)O. The maximum absolute atomic E-state index is 11.4. The van der Waals surface area contributed by atoms with Crippen LogP contribution >= 0.6 is 11.6 Å². The molecule has 2 N–H and O–H groups in total. The van der Waals surface area contributed by atoms with E-state index in [4.69, 9.17) is 16.7 Å². The molecule has 0 saturated heterocycles. The molecule has 0 saturated carbocycles. The third-order valence-electron chi connectivity index (χ3n) is 1.74. The van der Waals surface area contributed by atoms with Crippen LogP contribution in [0.3, 0.4) is 0 Å². The number of hydrogen-bond acceptors (Lipinski definition) is 3. The predicted octanol–water partition coefficient (Wildman–Crippen LogP) is 1.53. The van der Waals surface area contributed by atoms with Gasteiger partial charge >= 0.3 is 5.97 Å². The fourth-order valence-corrected chi connectivity index (χ4v) is 0.974. The zero-order chi connectivity index (χ0) is 12.1. The molecule has 5 nitrogen and oxygen atoms in total. The number of hydrazone groups is 1. The maximum Gasteiger partial charge on any atom is 0.351 e. The highest BCUT2D eigenvalue weighted by molar-refractivity contribution is 6.34. The molecule has 0 heterocycles. The zero-order valence-electron chi connectivity index (χ0n) is 8.40. The molecule has 0 radical (unpaired) electrons. The monoisotopic (exact) mass is 240 g/mol. The van der Waals surface area contributed by atoms with Crippen LogP contribution in [-0.4, -0.2) is 22.7 Å². The van der Waals surface area contributed by atoms with Crippen LogP contribution in [0.2, 0.25) is 5.02 Å². The highest BCUT2D eigenvalue weighted by Crippen LogP contribution is 2.09. The summed E-state index contributed by atoms with van der Waals surface area (Å²) in [5.41, 5.74) is 2.29. The van der Waals surface area contributed by atoms with E-state index in [0.29, 0.717) is 10.6 Å². The highest BCUT2D eigenvalue weighted by atomic mass is 35.5. The van der Waals surface area contributed by atoms with Gasteiger partial charge in [0.1, 0.15) is 5.71 Å². The van der Waals surface area contributed by atoms with Crippen LogP contribution in [0.15, 0.2) is 29.4 Å². The Balaban J connectivity index is 2.70.